The molecule has 0 bridgehead atoms. The van der Waals surface area contributed by atoms with E-state index in [1.165, 1.54) is 24.3 Å². The summed E-state index contributed by atoms with van der Waals surface area (Å²) in [5, 5.41) is 0. The number of hydrogen-bond acceptors (Lipinski definition) is 2. The molecule has 0 radical (unpaired) electrons. The highest BCUT2D eigenvalue weighted by atomic mass is 32.2. The zero-order valence-electron chi connectivity index (χ0n) is 8.47. The van der Waals surface area contributed by atoms with Crippen LogP contribution in [0.1, 0.15) is 5.69 Å². The van der Waals surface area contributed by atoms with Gasteiger partial charge in [0.1, 0.15) is 5.82 Å². The van der Waals surface area contributed by atoms with Gasteiger partial charge in [-0.2, -0.15) is 0 Å². The van der Waals surface area contributed by atoms with Gasteiger partial charge in [0.2, 0.25) is 0 Å². The minimum absolute atomic E-state index is 0.321. The number of halogens is 1. The van der Waals surface area contributed by atoms with Crippen LogP contribution >= 0.6 is 0 Å². The Morgan fingerprint density at radius 2 is 1.88 bits per heavy atom. The molecule has 0 aliphatic rings. The molecule has 2 nitrogen and oxygen atoms in total. The van der Waals surface area contributed by atoms with E-state index in [2.05, 4.69) is 4.98 Å². The summed E-state index contributed by atoms with van der Waals surface area (Å²) in [4.78, 5) is 4.71. The predicted octanol–water partition coefficient (Wildman–Crippen LogP) is 2.53. The van der Waals surface area contributed by atoms with Crippen LogP contribution in [0.2, 0.25) is 0 Å². The van der Waals surface area contributed by atoms with E-state index in [1.807, 2.05) is 18.2 Å². The Bertz CT molecular complexity index is 446. The van der Waals surface area contributed by atoms with Gasteiger partial charge in [0, 0.05) is 6.20 Å². The molecule has 82 valence electrons. The average Bonchev–Trinajstić information content (AvgIpc) is 2.31. The molecule has 0 amide bonds. The first kappa shape index (κ1) is 11.1. The standard InChI is InChI=1S/C12H10FNOS/c13-10-4-6-12(7-5-10)16(15)9-11-3-1-2-8-14-11/h1-8H,9H2. The monoisotopic (exact) mass is 235 g/mol. The second-order valence-corrected chi connectivity index (χ2v) is 4.72. The Labute approximate surface area is 96.3 Å². The highest BCUT2D eigenvalue weighted by Gasteiger charge is 2.12. The highest BCUT2D eigenvalue weighted by Crippen LogP contribution is 2.15. The van der Waals surface area contributed by atoms with Crippen LogP contribution in [0, 0.1) is 5.82 Å². The molecule has 1 aromatic heterocycles. The van der Waals surface area contributed by atoms with Crippen LogP contribution in [0.25, 0.3) is 0 Å². The summed E-state index contributed by atoms with van der Waals surface area (Å²) in [6.45, 7) is 0. The Hall–Kier alpha value is -1.39. The van der Waals surface area contributed by atoms with Gasteiger partial charge in [0.15, 0.2) is 10.6 Å². The summed E-state index contributed by atoms with van der Waals surface area (Å²) in [5.74, 6) is 0.0329. The predicted molar refractivity (Wildman–Crippen MR) is 60.7 cm³/mol. The van der Waals surface area contributed by atoms with Gasteiger partial charge >= 0.3 is 0 Å². The molecule has 2 rings (SSSR count). The van der Waals surface area contributed by atoms with Gasteiger partial charge in [-0.15, -0.1) is 0 Å². The fourth-order valence-corrected chi connectivity index (χ4v) is 2.33. The molecule has 0 aliphatic heterocycles. The molecule has 0 aliphatic carbocycles. The summed E-state index contributed by atoms with van der Waals surface area (Å²) >= 11 is -1.17. The molecule has 0 saturated carbocycles. The van der Waals surface area contributed by atoms with Crippen LogP contribution in [0.15, 0.2) is 53.6 Å². The molecule has 16 heavy (non-hydrogen) atoms. The SMILES string of the molecule is [O-][S+](Cc1ccccn1)c1ccc(F)cc1. The summed E-state index contributed by atoms with van der Waals surface area (Å²) < 4.78 is 24.5. The number of nitrogens with zero attached hydrogens (tertiary/aromatic N) is 1. The molecule has 1 heterocycles. The summed E-state index contributed by atoms with van der Waals surface area (Å²) in [6, 6.07) is 11.2. The number of hydrogen-bond donors (Lipinski definition) is 0. The third-order valence-corrected chi connectivity index (χ3v) is 3.44. The van der Waals surface area contributed by atoms with E-state index in [0.717, 1.165) is 5.69 Å². The fraction of sp³-hybridized carbons (Fsp3) is 0.0833. The Balaban J connectivity index is 2.09. The van der Waals surface area contributed by atoms with E-state index in [-0.39, 0.29) is 5.82 Å². The van der Waals surface area contributed by atoms with Crippen molar-refractivity contribution < 1.29 is 8.94 Å². The van der Waals surface area contributed by atoms with Crippen molar-refractivity contribution >= 4 is 11.2 Å². The van der Waals surface area contributed by atoms with Crippen molar-refractivity contribution in [3.05, 3.63) is 60.2 Å². The van der Waals surface area contributed by atoms with Gasteiger partial charge in [0.25, 0.3) is 0 Å². The zero-order chi connectivity index (χ0) is 11.4. The van der Waals surface area contributed by atoms with E-state index in [4.69, 9.17) is 0 Å². The minimum atomic E-state index is -1.17. The van der Waals surface area contributed by atoms with E-state index < -0.39 is 11.2 Å². The van der Waals surface area contributed by atoms with Crippen LogP contribution in [0.5, 0.6) is 0 Å². The number of rotatable bonds is 3. The van der Waals surface area contributed by atoms with Crippen LogP contribution in [0.4, 0.5) is 4.39 Å². The largest absolute Gasteiger partial charge is 0.611 e. The van der Waals surface area contributed by atoms with Gasteiger partial charge in [-0.3, -0.25) is 4.98 Å². The smallest absolute Gasteiger partial charge is 0.153 e. The number of pyridine rings is 1. The Morgan fingerprint density at radius 1 is 1.12 bits per heavy atom. The molecule has 0 spiro atoms. The molecule has 0 N–H and O–H groups in total. The molecular weight excluding hydrogens is 225 g/mol. The van der Waals surface area contributed by atoms with E-state index in [9.17, 15) is 8.94 Å². The first-order valence-corrected chi connectivity index (χ1v) is 6.11. The first-order chi connectivity index (χ1) is 7.75. The summed E-state index contributed by atoms with van der Waals surface area (Å²) in [5.41, 5.74) is 0.769. The number of aromatic nitrogens is 1. The van der Waals surface area contributed by atoms with Gasteiger partial charge in [-0.05, 0) is 47.6 Å². The van der Waals surface area contributed by atoms with Crippen molar-refractivity contribution in [1.82, 2.24) is 4.98 Å². The van der Waals surface area contributed by atoms with Crippen LogP contribution in [-0.2, 0) is 16.9 Å². The van der Waals surface area contributed by atoms with Crippen molar-refractivity contribution in [3.63, 3.8) is 0 Å². The maximum absolute atomic E-state index is 12.7. The van der Waals surface area contributed by atoms with E-state index in [1.54, 1.807) is 6.20 Å². The lowest BCUT2D eigenvalue weighted by Crippen LogP contribution is -2.06. The van der Waals surface area contributed by atoms with Gasteiger partial charge in [-0.25, -0.2) is 4.39 Å². The van der Waals surface area contributed by atoms with Crippen LogP contribution in [-0.4, -0.2) is 9.54 Å². The molecular formula is C12H10FNOS. The van der Waals surface area contributed by atoms with E-state index >= 15 is 0 Å². The second kappa shape index (κ2) is 5.09. The van der Waals surface area contributed by atoms with Crippen LogP contribution < -0.4 is 0 Å². The third kappa shape index (κ3) is 2.81. The van der Waals surface area contributed by atoms with Gasteiger partial charge < -0.3 is 4.55 Å². The lowest BCUT2D eigenvalue weighted by atomic mass is 10.3. The Morgan fingerprint density at radius 3 is 2.50 bits per heavy atom. The van der Waals surface area contributed by atoms with Gasteiger partial charge in [0.05, 0.1) is 5.69 Å². The zero-order valence-corrected chi connectivity index (χ0v) is 9.28. The van der Waals surface area contributed by atoms with Gasteiger partial charge in [-0.1, -0.05) is 6.07 Å². The third-order valence-electron chi connectivity index (χ3n) is 2.08. The Kier molecular flexibility index (Phi) is 3.54. The fourth-order valence-electron chi connectivity index (χ4n) is 1.29. The number of benzene rings is 1. The molecule has 1 atom stereocenters. The molecule has 0 saturated heterocycles. The lowest BCUT2D eigenvalue weighted by Gasteiger charge is -2.09. The van der Waals surface area contributed by atoms with Crippen molar-refractivity contribution in [2.45, 2.75) is 10.6 Å². The van der Waals surface area contributed by atoms with Crippen molar-refractivity contribution in [3.8, 4) is 0 Å². The van der Waals surface area contributed by atoms with Crippen molar-refractivity contribution in [2.75, 3.05) is 0 Å². The average molecular weight is 235 g/mol. The quantitative estimate of drug-likeness (QED) is 0.766. The molecule has 1 aromatic carbocycles. The molecule has 4 heteroatoms. The van der Waals surface area contributed by atoms with Crippen molar-refractivity contribution in [1.29, 1.82) is 0 Å². The highest BCUT2D eigenvalue weighted by molar-refractivity contribution is 7.90. The molecule has 1 unspecified atom stereocenters. The summed E-state index contributed by atoms with van der Waals surface area (Å²) in [6.07, 6.45) is 1.66. The molecule has 0 fully saturated rings. The van der Waals surface area contributed by atoms with Crippen LogP contribution in [0.3, 0.4) is 0 Å². The summed E-state index contributed by atoms with van der Waals surface area (Å²) in [7, 11) is 0. The van der Waals surface area contributed by atoms with Crippen molar-refractivity contribution in [2.24, 2.45) is 0 Å². The second-order valence-electron chi connectivity index (χ2n) is 3.26. The lowest BCUT2D eigenvalue weighted by molar-refractivity contribution is 0.592. The molecule has 2 aromatic rings. The first-order valence-electron chi connectivity index (χ1n) is 4.79. The normalized spacial score (nSPS) is 12.4. The maximum atomic E-state index is 12.7. The minimum Gasteiger partial charge on any atom is -0.611 e. The van der Waals surface area contributed by atoms with E-state index in [0.29, 0.717) is 10.6 Å². The maximum Gasteiger partial charge on any atom is 0.153 e. The topological polar surface area (TPSA) is 36.0 Å².